The summed E-state index contributed by atoms with van der Waals surface area (Å²) in [5.41, 5.74) is 11.0. The first-order valence-electron chi connectivity index (χ1n) is 4.38. The smallest absolute Gasteiger partial charge is 0.231 e. The van der Waals surface area contributed by atoms with Crippen LogP contribution in [0.4, 0.5) is 0 Å². The summed E-state index contributed by atoms with van der Waals surface area (Å²) in [6, 6.07) is 3.42. The molecule has 0 saturated carbocycles. The quantitative estimate of drug-likeness (QED) is 0.451. The van der Waals surface area contributed by atoms with E-state index >= 15 is 0 Å². The first-order valence-corrected chi connectivity index (χ1v) is 4.76. The Morgan fingerprint density at radius 3 is 2.94 bits per heavy atom. The molecule has 0 bridgehead atoms. The summed E-state index contributed by atoms with van der Waals surface area (Å²) in [7, 11) is 0. The third-order valence-corrected chi connectivity index (χ3v) is 2.11. The molecule has 1 aliphatic rings. The molecule has 1 aromatic rings. The molecule has 16 heavy (non-hydrogen) atoms. The van der Waals surface area contributed by atoms with E-state index in [1.807, 2.05) is 0 Å². The van der Waals surface area contributed by atoms with Crippen LogP contribution in [-0.4, -0.2) is 19.0 Å². The summed E-state index contributed by atoms with van der Waals surface area (Å²) in [6.45, 7) is 0.170. The van der Waals surface area contributed by atoms with Crippen LogP contribution in [-0.2, 0) is 0 Å². The average Bonchev–Trinajstić information content (AvgIpc) is 2.65. The summed E-state index contributed by atoms with van der Waals surface area (Å²) in [5, 5.41) is 7.59. The second-order valence-electron chi connectivity index (χ2n) is 3.01. The Kier molecular flexibility index (Phi) is 2.82. The van der Waals surface area contributed by atoms with Gasteiger partial charge in [-0.2, -0.15) is 5.10 Å². The van der Waals surface area contributed by atoms with Crippen molar-refractivity contribution in [1.82, 2.24) is 0 Å². The summed E-state index contributed by atoms with van der Waals surface area (Å²) in [4.78, 5) is 0. The fourth-order valence-electron chi connectivity index (χ4n) is 1.22. The van der Waals surface area contributed by atoms with Crippen LogP contribution in [0.15, 0.2) is 22.3 Å². The van der Waals surface area contributed by atoms with Crippen molar-refractivity contribution >= 4 is 23.8 Å². The van der Waals surface area contributed by atoms with E-state index in [9.17, 15) is 0 Å². The molecular formula is C9H9ClN4O2. The van der Waals surface area contributed by atoms with Gasteiger partial charge in [-0.05, 0) is 12.1 Å². The van der Waals surface area contributed by atoms with Gasteiger partial charge in [-0.15, -0.1) is 5.10 Å². The van der Waals surface area contributed by atoms with Crippen molar-refractivity contribution < 1.29 is 9.47 Å². The fourth-order valence-corrected chi connectivity index (χ4v) is 1.50. The molecule has 2 rings (SSSR count). The van der Waals surface area contributed by atoms with Crippen LogP contribution in [0.3, 0.4) is 0 Å². The van der Waals surface area contributed by atoms with Gasteiger partial charge in [0.25, 0.3) is 0 Å². The number of ether oxygens (including phenoxy) is 2. The van der Waals surface area contributed by atoms with Gasteiger partial charge in [-0.3, -0.25) is 0 Å². The monoisotopic (exact) mass is 240 g/mol. The highest BCUT2D eigenvalue weighted by atomic mass is 35.5. The highest BCUT2D eigenvalue weighted by Gasteiger charge is 2.17. The Morgan fingerprint density at radius 2 is 2.19 bits per heavy atom. The lowest BCUT2D eigenvalue weighted by atomic mass is 10.2. The normalized spacial score (nSPS) is 13.1. The van der Waals surface area contributed by atoms with Gasteiger partial charge in [0, 0.05) is 5.56 Å². The van der Waals surface area contributed by atoms with Crippen molar-refractivity contribution in [2.75, 3.05) is 6.79 Å². The van der Waals surface area contributed by atoms with E-state index in [1.165, 1.54) is 6.21 Å². The Labute approximate surface area is 96.5 Å². The third-order valence-electron chi connectivity index (χ3n) is 1.83. The van der Waals surface area contributed by atoms with Gasteiger partial charge in [0.2, 0.25) is 12.8 Å². The van der Waals surface area contributed by atoms with Crippen molar-refractivity contribution in [3.8, 4) is 11.5 Å². The molecule has 0 fully saturated rings. The molecule has 84 valence electrons. The predicted octanol–water partition coefficient (Wildman–Crippen LogP) is 0.676. The number of nitrogens with zero attached hydrogens (tertiary/aromatic N) is 2. The summed E-state index contributed by atoms with van der Waals surface area (Å²) in [5.74, 6) is 1.02. The van der Waals surface area contributed by atoms with Gasteiger partial charge in [-0.25, -0.2) is 0 Å². The molecule has 0 aromatic heterocycles. The number of hydrogen-bond donors (Lipinski definition) is 2. The van der Waals surface area contributed by atoms with Gasteiger partial charge >= 0.3 is 0 Å². The third kappa shape index (κ3) is 2.17. The number of hydrogen-bond acceptors (Lipinski definition) is 4. The molecule has 0 atom stereocenters. The topological polar surface area (TPSA) is 95.2 Å². The zero-order valence-corrected chi connectivity index (χ0v) is 8.94. The Balaban J connectivity index is 2.27. The Morgan fingerprint density at radius 1 is 1.38 bits per heavy atom. The number of guanidine groups is 1. The van der Waals surface area contributed by atoms with Crippen LogP contribution in [0.25, 0.3) is 0 Å². The zero-order chi connectivity index (χ0) is 11.5. The first kappa shape index (κ1) is 10.6. The van der Waals surface area contributed by atoms with Crippen molar-refractivity contribution in [1.29, 1.82) is 0 Å². The molecule has 1 heterocycles. The van der Waals surface area contributed by atoms with Crippen LogP contribution < -0.4 is 20.9 Å². The molecule has 0 spiro atoms. The van der Waals surface area contributed by atoms with Gasteiger partial charge in [0.05, 0.1) is 11.2 Å². The van der Waals surface area contributed by atoms with Crippen LogP contribution in [0, 0.1) is 0 Å². The molecule has 0 amide bonds. The maximum absolute atomic E-state index is 5.96. The lowest BCUT2D eigenvalue weighted by Crippen LogP contribution is -2.21. The minimum absolute atomic E-state index is 0.108. The molecule has 0 radical (unpaired) electrons. The predicted molar refractivity (Wildman–Crippen MR) is 61.0 cm³/mol. The second kappa shape index (κ2) is 4.28. The molecule has 7 heteroatoms. The Hall–Kier alpha value is -1.95. The van der Waals surface area contributed by atoms with Crippen LogP contribution in [0.2, 0.25) is 5.02 Å². The maximum atomic E-state index is 5.96. The van der Waals surface area contributed by atoms with E-state index in [-0.39, 0.29) is 12.8 Å². The van der Waals surface area contributed by atoms with Crippen molar-refractivity contribution in [3.05, 3.63) is 22.7 Å². The highest BCUT2D eigenvalue weighted by molar-refractivity contribution is 6.32. The fraction of sp³-hybridized carbons (Fsp3) is 0.111. The SMILES string of the molecule is NC(N)=NN=Cc1cc(Cl)c2c(c1)OCO2. The molecule has 0 aliphatic carbocycles. The molecule has 6 nitrogen and oxygen atoms in total. The van der Waals surface area contributed by atoms with Gasteiger partial charge in [-0.1, -0.05) is 11.6 Å². The van der Waals surface area contributed by atoms with E-state index in [2.05, 4.69) is 10.2 Å². The lowest BCUT2D eigenvalue weighted by Gasteiger charge is -1.99. The molecule has 4 N–H and O–H groups in total. The summed E-state index contributed by atoms with van der Waals surface area (Å²) >= 11 is 5.96. The standard InChI is InChI=1S/C9H9ClN4O2/c10-6-1-5(3-13-14-9(11)12)2-7-8(6)16-4-15-7/h1-3H,4H2,(H4,11,12,14). The Bertz CT molecular complexity index is 469. The largest absolute Gasteiger partial charge is 0.454 e. The van der Waals surface area contributed by atoms with Gasteiger partial charge in [0.1, 0.15) is 0 Å². The minimum atomic E-state index is -0.108. The van der Waals surface area contributed by atoms with E-state index in [4.69, 9.17) is 32.5 Å². The van der Waals surface area contributed by atoms with Crippen LogP contribution >= 0.6 is 11.6 Å². The van der Waals surface area contributed by atoms with Gasteiger partial charge < -0.3 is 20.9 Å². The van der Waals surface area contributed by atoms with E-state index in [0.29, 0.717) is 16.5 Å². The number of benzene rings is 1. The number of rotatable bonds is 2. The van der Waals surface area contributed by atoms with E-state index in [0.717, 1.165) is 5.56 Å². The summed E-state index contributed by atoms with van der Waals surface area (Å²) < 4.78 is 10.4. The molecule has 1 aromatic carbocycles. The van der Waals surface area contributed by atoms with Gasteiger partial charge in [0.15, 0.2) is 11.5 Å². The molecule has 0 unspecified atom stereocenters. The molecule has 1 aliphatic heterocycles. The van der Waals surface area contributed by atoms with Crippen LogP contribution in [0.1, 0.15) is 5.56 Å². The van der Waals surface area contributed by atoms with Crippen molar-refractivity contribution in [3.63, 3.8) is 0 Å². The zero-order valence-electron chi connectivity index (χ0n) is 8.18. The maximum Gasteiger partial charge on any atom is 0.231 e. The van der Waals surface area contributed by atoms with E-state index in [1.54, 1.807) is 12.1 Å². The summed E-state index contributed by atoms with van der Waals surface area (Å²) in [6.07, 6.45) is 1.47. The van der Waals surface area contributed by atoms with Crippen molar-refractivity contribution in [2.45, 2.75) is 0 Å². The first-order chi connectivity index (χ1) is 7.66. The van der Waals surface area contributed by atoms with E-state index < -0.39 is 0 Å². The second-order valence-corrected chi connectivity index (χ2v) is 3.41. The average molecular weight is 241 g/mol. The minimum Gasteiger partial charge on any atom is -0.454 e. The molecule has 0 saturated heterocycles. The number of halogens is 1. The number of fused-ring (bicyclic) bond motifs is 1. The highest BCUT2D eigenvalue weighted by Crippen LogP contribution is 2.39. The van der Waals surface area contributed by atoms with Crippen LogP contribution in [0.5, 0.6) is 11.5 Å². The molecular weight excluding hydrogens is 232 g/mol. The lowest BCUT2D eigenvalue weighted by molar-refractivity contribution is 0.174. The number of nitrogens with two attached hydrogens (primary N) is 2. The van der Waals surface area contributed by atoms with Crippen molar-refractivity contribution in [2.24, 2.45) is 21.7 Å².